The molecule has 136 valence electrons. The van der Waals surface area contributed by atoms with Crippen LogP contribution in [0, 0.1) is 23.2 Å². The van der Waals surface area contributed by atoms with Gasteiger partial charge in [0, 0.05) is 0 Å². The summed E-state index contributed by atoms with van der Waals surface area (Å²) in [5, 5.41) is 1.85. The maximum absolute atomic E-state index is 13.8. The maximum Gasteiger partial charge on any atom is 0.338 e. The number of halogens is 2. The van der Waals surface area contributed by atoms with Gasteiger partial charge < -0.3 is 0 Å². The molecule has 0 saturated heterocycles. The molecule has 0 aromatic heterocycles. The Morgan fingerprint density at radius 3 is 1.96 bits per heavy atom. The molecule has 2 N–H and O–H groups in total. The molecule has 4 saturated carbocycles. The van der Waals surface area contributed by atoms with E-state index in [1.165, 1.54) is 0 Å². The fourth-order valence-electron chi connectivity index (χ4n) is 5.02. The average Bonchev–Trinajstić information content (AvgIpc) is 2.43. The fraction of sp³-hybridized carbons (Fsp3) is 0.867. The number of imide groups is 1. The maximum atomic E-state index is 13.8. The third kappa shape index (κ3) is 3.46. The van der Waals surface area contributed by atoms with Crippen molar-refractivity contribution in [2.75, 3.05) is 12.8 Å². The molecule has 6 nitrogen and oxygen atoms in total. The van der Waals surface area contributed by atoms with Crippen LogP contribution in [0.3, 0.4) is 0 Å². The monoisotopic (exact) mass is 364 g/mol. The van der Waals surface area contributed by atoms with Crippen molar-refractivity contribution in [1.82, 2.24) is 10.0 Å². The van der Waals surface area contributed by atoms with E-state index in [0.29, 0.717) is 37.0 Å². The number of rotatable bonds is 5. The minimum Gasteiger partial charge on any atom is -0.291 e. The van der Waals surface area contributed by atoms with E-state index in [0.717, 1.165) is 25.5 Å². The second kappa shape index (κ2) is 5.72. The zero-order valence-corrected chi connectivity index (χ0v) is 14.3. The lowest BCUT2D eigenvalue weighted by Crippen LogP contribution is -2.57. The first-order chi connectivity index (χ1) is 11.0. The van der Waals surface area contributed by atoms with Crippen molar-refractivity contribution in [3.63, 3.8) is 0 Å². The first-order valence-corrected chi connectivity index (χ1v) is 10.1. The Kier molecular flexibility index (Phi) is 4.23. The predicted octanol–water partition coefficient (Wildman–Crippen LogP) is 1.03. The summed E-state index contributed by atoms with van der Waals surface area (Å²) in [5.41, 5.74) is -0.704. The van der Waals surface area contributed by atoms with Gasteiger partial charge in [-0.15, -0.1) is 0 Å². The van der Waals surface area contributed by atoms with Gasteiger partial charge in [0.05, 0.1) is 18.2 Å². The summed E-state index contributed by atoms with van der Waals surface area (Å²) < 4.78 is 51.0. The number of carbonyl (C=O) groups is 2. The van der Waals surface area contributed by atoms with E-state index in [1.54, 1.807) is 4.72 Å². The van der Waals surface area contributed by atoms with Gasteiger partial charge in [0.25, 0.3) is 5.91 Å². The number of hydrogen-bond donors (Lipinski definition) is 2. The summed E-state index contributed by atoms with van der Waals surface area (Å²) in [6, 6.07) is 0. The van der Waals surface area contributed by atoms with Crippen LogP contribution >= 0.6 is 0 Å². The first kappa shape index (κ1) is 17.7. The molecule has 4 aliphatic carbocycles. The number of nitrogens with one attached hydrogen (secondary N) is 2. The third-order valence-electron chi connectivity index (χ3n) is 5.64. The van der Waals surface area contributed by atoms with Gasteiger partial charge in [-0.2, -0.15) is 8.78 Å². The Morgan fingerprint density at radius 1 is 1.08 bits per heavy atom. The number of carbonyl (C=O) groups excluding carboxylic acids is 2. The second-order valence-corrected chi connectivity index (χ2v) is 9.61. The summed E-state index contributed by atoms with van der Waals surface area (Å²) in [6.45, 7) is -1.36. The van der Waals surface area contributed by atoms with Gasteiger partial charge in [0.15, 0.2) is 0 Å². The molecule has 0 heterocycles. The lowest BCUT2D eigenvalue weighted by atomic mass is 9.49. The highest BCUT2D eigenvalue weighted by molar-refractivity contribution is 7.88. The zero-order valence-electron chi connectivity index (χ0n) is 13.5. The summed E-state index contributed by atoms with van der Waals surface area (Å²) >= 11 is 0. The van der Waals surface area contributed by atoms with E-state index in [-0.39, 0.29) is 0 Å². The van der Waals surface area contributed by atoms with Gasteiger partial charge in [0.2, 0.25) is 15.9 Å². The smallest absolute Gasteiger partial charge is 0.291 e. The van der Waals surface area contributed by atoms with Crippen molar-refractivity contribution < 1.29 is 26.8 Å². The van der Waals surface area contributed by atoms with E-state index >= 15 is 0 Å². The molecule has 9 heteroatoms. The van der Waals surface area contributed by atoms with E-state index in [1.807, 2.05) is 5.32 Å². The average molecular weight is 364 g/mol. The van der Waals surface area contributed by atoms with Crippen molar-refractivity contribution in [1.29, 1.82) is 0 Å². The standard InChI is InChI=1S/C15H22F2N2O4S/c1-24(22,23)18-8-15(16,17)13(21)19-12(20)14-5-9-2-10(6-14)4-11(3-9)7-14/h9-11,18H,2-8H2,1H3,(H,19,20,21). The van der Waals surface area contributed by atoms with Crippen LogP contribution < -0.4 is 10.0 Å². The van der Waals surface area contributed by atoms with E-state index in [4.69, 9.17) is 0 Å². The molecule has 0 aromatic rings. The molecule has 4 fully saturated rings. The minimum atomic E-state index is -3.97. The Bertz CT molecular complexity index is 627. The summed E-state index contributed by atoms with van der Waals surface area (Å²) in [5.74, 6) is -4.98. The molecule has 2 amide bonds. The zero-order chi connectivity index (χ0) is 17.8. The molecule has 0 aliphatic heterocycles. The SMILES string of the molecule is CS(=O)(=O)NCC(F)(F)C(=O)NC(=O)C12CC3CC(CC(C3)C1)C2. The number of amides is 2. The van der Waals surface area contributed by atoms with Crippen molar-refractivity contribution >= 4 is 21.8 Å². The molecule has 0 unspecified atom stereocenters. The molecule has 4 aliphatic rings. The van der Waals surface area contributed by atoms with Crippen molar-refractivity contribution in [3.05, 3.63) is 0 Å². The lowest BCUT2D eigenvalue weighted by molar-refractivity contribution is -0.157. The second-order valence-electron chi connectivity index (χ2n) is 7.78. The van der Waals surface area contributed by atoms with Gasteiger partial charge in [-0.05, 0) is 56.3 Å². The highest BCUT2D eigenvalue weighted by Crippen LogP contribution is 2.60. The molecule has 4 rings (SSSR count). The van der Waals surface area contributed by atoms with E-state index in [2.05, 4.69) is 0 Å². The Labute approximate surface area is 139 Å². The van der Waals surface area contributed by atoms with Crippen molar-refractivity contribution in [2.45, 2.75) is 44.4 Å². The van der Waals surface area contributed by atoms with Crippen molar-refractivity contribution in [2.24, 2.45) is 23.2 Å². The third-order valence-corrected chi connectivity index (χ3v) is 6.30. The number of alkyl halides is 2. The van der Waals surface area contributed by atoms with Crippen LogP contribution in [0.2, 0.25) is 0 Å². The Balaban J connectivity index is 1.65. The molecule has 24 heavy (non-hydrogen) atoms. The summed E-state index contributed by atoms with van der Waals surface area (Å²) in [6.07, 6.45) is 5.97. The van der Waals surface area contributed by atoms with Crippen LogP contribution in [0.1, 0.15) is 38.5 Å². The van der Waals surface area contributed by atoms with Gasteiger partial charge in [-0.3, -0.25) is 14.9 Å². The van der Waals surface area contributed by atoms with E-state index in [9.17, 15) is 26.8 Å². The molecular formula is C15H22F2N2O4S. The highest BCUT2D eigenvalue weighted by Gasteiger charge is 2.55. The van der Waals surface area contributed by atoms with Crippen LogP contribution in [-0.4, -0.2) is 39.0 Å². The van der Waals surface area contributed by atoms with Gasteiger partial charge >= 0.3 is 5.92 Å². The first-order valence-electron chi connectivity index (χ1n) is 8.17. The van der Waals surface area contributed by atoms with Crippen LogP contribution in [0.25, 0.3) is 0 Å². The predicted molar refractivity (Wildman–Crippen MR) is 81.5 cm³/mol. The number of sulfonamides is 1. The normalized spacial score (nSPS) is 35.0. The molecule has 0 atom stereocenters. The molecule has 0 spiro atoms. The van der Waals surface area contributed by atoms with Crippen LogP contribution in [-0.2, 0) is 19.6 Å². The summed E-state index contributed by atoms with van der Waals surface area (Å²) in [4.78, 5) is 24.3. The minimum absolute atomic E-state index is 0.449. The molecular weight excluding hydrogens is 342 g/mol. The molecule has 0 radical (unpaired) electrons. The molecule has 0 aromatic carbocycles. The van der Waals surface area contributed by atoms with E-state index < -0.39 is 39.7 Å². The Hall–Kier alpha value is -1.09. The largest absolute Gasteiger partial charge is 0.338 e. The summed E-state index contributed by atoms with van der Waals surface area (Å²) in [7, 11) is -3.85. The topological polar surface area (TPSA) is 92.3 Å². The van der Waals surface area contributed by atoms with Gasteiger partial charge in [-0.25, -0.2) is 13.1 Å². The van der Waals surface area contributed by atoms with Gasteiger partial charge in [0.1, 0.15) is 0 Å². The van der Waals surface area contributed by atoms with Crippen molar-refractivity contribution in [3.8, 4) is 0 Å². The fourth-order valence-corrected chi connectivity index (χ4v) is 5.46. The molecule has 4 bridgehead atoms. The van der Waals surface area contributed by atoms with Gasteiger partial charge in [-0.1, -0.05) is 0 Å². The number of hydrogen-bond acceptors (Lipinski definition) is 4. The highest BCUT2D eigenvalue weighted by atomic mass is 32.2. The van der Waals surface area contributed by atoms with Crippen LogP contribution in [0.5, 0.6) is 0 Å². The van der Waals surface area contributed by atoms with Crippen LogP contribution in [0.4, 0.5) is 8.78 Å². The quantitative estimate of drug-likeness (QED) is 0.762. The van der Waals surface area contributed by atoms with Crippen LogP contribution in [0.15, 0.2) is 0 Å². The lowest BCUT2D eigenvalue weighted by Gasteiger charge is -2.55. The Morgan fingerprint density at radius 2 is 1.54 bits per heavy atom.